The fraction of sp³-hybridized carbons (Fsp3) is 0.833. The number of ketones is 1. The van der Waals surface area contributed by atoms with E-state index in [1.54, 1.807) is 0 Å². The molecule has 1 unspecified atom stereocenters. The molecule has 1 saturated heterocycles. The van der Waals surface area contributed by atoms with E-state index in [0.717, 1.165) is 0 Å². The maximum atomic E-state index is 10.9. The first kappa shape index (κ1) is 8.61. The van der Waals surface area contributed by atoms with Gasteiger partial charge in [0.1, 0.15) is 6.61 Å². The molecule has 1 aliphatic heterocycles. The predicted octanol–water partition coefficient (Wildman–Crippen LogP) is -1.98. The lowest BCUT2D eigenvalue weighted by Crippen LogP contribution is -2.40. The molecule has 0 radical (unpaired) electrons. The molecule has 1 aliphatic rings. The van der Waals surface area contributed by atoms with Crippen molar-refractivity contribution < 1.29 is 24.9 Å². The quantitative estimate of drug-likeness (QED) is 0.438. The summed E-state index contributed by atoms with van der Waals surface area (Å²) in [5, 5.41) is 26.2. The van der Waals surface area contributed by atoms with Crippen molar-refractivity contribution in [2.45, 2.75) is 18.3 Å². The van der Waals surface area contributed by atoms with Gasteiger partial charge in [0, 0.05) is 6.42 Å². The Kier molecular flexibility index (Phi) is 2.24. The van der Waals surface area contributed by atoms with Crippen molar-refractivity contribution in [2.75, 3.05) is 13.2 Å². The molecule has 0 aromatic rings. The van der Waals surface area contributed by atoms with Gasteiger partial charge in [-0.15, -0.1) is 0 Å². The van der Waals surface area contributed by atoms with Crippen LogP contribution in [-0.2, 0) is 9.53 Å². The summed E-state index contributed by atoms with van der Waals surface area (Å²) in [5.74, 6) is -2.66. The van der Waals surface area contributed by atoms with E-state index in [4.69, 9.17) is 15.3 Å². The Morgan fingerprint density at radius 1 is 1.64 bits per heavy atom. The van der Waals surface area contributed by atoms with Crippen LogP contribution in [0.25, 0.3) is 0 Å². The van der Waals surface area contributed by atoms with Crippen molar-refractivity contribution in [1.29, 1.82) is 0 Å². The third-order valence-corrected chi connectivity index (χ3v) is 1.63. The minimum Gasteiger partial charge on any atom is -0.394 e. The monoisotopic (exact) mass is 162 g/mol. The van der Waals surface area contributed by atoms with Gasteiger partial charge in [0.25, 0.3) is 5.79 Å². The highest BCUT2D eigenvalue weighted by atomic mass is 16.7. The van der Waals surface area contributed by atoms with Crippen LogP contribution in [0.15, 0.2) is 0 Å². The topological polar surface area (TPSA) is 87.0 Å². The normalized spacial score (nSPS) is 38.1. The molecule has 0 amide bonds. The SMILES string of the molecule is O=C1CC(CO)O[C@@]1(O)CO. The van der Waals surface area contributed by atoms with Crippen LogP contribution in [0, 0.1) is 0 Å². The van der Waals surface area contributed by atoms with Crippen molar-refractivity contribution in [2.24, 2.45) is 0 Å². The summed E-state index contributed by atoms with van der Waals surface area (Å²) < 4.78 is 4.67. The fourth-order valence-electron chi connectivity index (χ4n) is 0.977. The highest BCUT2D eigenvalue weighted by Gasteiger charge is 2.45. The van der Waals surface area contributed by atoms with Gasteiger partial charge in [-0.25, -0.2) is 0 Å². The minimum absolute atomic E-state index is 0.0481. The number of rotatable bonds is 2. The molecule has 1 rings (SSSR count). The molecule has 64 valence electrons. The van der Waals surface area contributed by atoms with Gasteiger partial charge in [0.15, 0.2) is 5.78 Å². The van der Waals surface area contributed by atoms with Crippen LogP contribution in [0.5, 0.6) is 0 Å². The van der Waals surface area contributed by atoms with Crippen molar-refractivity contribution in [3.63, 3.8) is 0 Å². The van der Waals surface area contributed by atoms with Gasteiger partial charge in [-0.05, 0) is 0 Å². The first-order valence-electron chi connectivity index (χ1n) is 3.27. The summed E-state index contributed by atoms with van der Waals surface area (Å²) >= 11 is 0. The zero-order chi connectivity index (χ0) is 8.48. The summed E-state index contributed by atoms with van der Waals surface area (Å²) in [4.78, 5) is 10.9. The Morgan fingerprint density at radius 2 is 2.27 bits per heavy atom. The Hall–Kier alpha value is -0.490. The van der Waals surface area contributed by atoms with Crippen LogP contribution in [-0.4, -0.2) is 46.2 Å². The highest BCUT2D eigenvalue weighted by Crippen LogP contribution is 2.23. The number of hydrogen-bond donors (Lipinski definition) is 3. The van der Waals surface area contributed by atoms with Crippen molar-refractivity contribution >= 4 is 5.78 Å². The lowest BCUT2D eigenvalue weighted by atomic mass is 10.1. The van der Waals surface area contributed by atoms with Crippen molar-refractivity contribution in [1.82, 2.24) is 0 Å². The van der Waals surface area contributed by atoms with Gasteiger partial charge in [0.05, 0.1) is 12.7 Å². The first-order valence-corrected chi connectivity index (χ1v) is 3.27. The molecular formula is C6H10O5. The fourth-order valence-corrected chi connectivity index (χ4v) is 0.977. The molecule has 1 heterocycles. The maximum absolute atomic E-state index is 10.9. The average molecular weight is 162 g/mol. The Balaban J connectivity index is 2.65. The van der Waals surface area contributed by atoms with Crippen LogP contribution in [0.4, 0.5) is 0 Å². The molecule has 0 saturated carbocycles. The molecule has 11 heavy (non-hydrogen) atoms. The van der Waals surface area contributed by atoms with Gasteiger partial charge in [-0.1, -0.05) is 0 Å². The number of ether oxygens (including phenoxy) is 1. The van der Waals surface area contributed by atoms with Crippen LogP contribution >= 0.6 is 0 Å². The number of carbonyl (C=O) groups excluding carboxylic acids is 1. The largest absolute Gasteiger partial charge is 0.394 e. The maximum Gasteiger partial charge on any atom is 0.250 e. The zero-order valence-electron chi connectivity index (χ0n) is 5.86. The second kappa shape index (κ2) is 2.86. The summed E-state index contributed by atoms with van der Waals surface area (Å²) in [6.45, 7) is -1.09. The first-order chi connectivity index (χ1) is 5.12. The second-order valence-electron chi connectivity index (χ2n) is 2.49. The molecule has 0 aliphatic carbocycles. The third-order valence-electron chi connectivity index (χ3n) is 1.63. The Morgan fingerprint density at radius 3 is 2.55 bits per heavy atom. The number of aliphatic hydroxyl groups excluding tert-OH is 2. The van der Waals surface area contributed by atoms with E-state index in [0.29, 0.717) is 0 Å². The predicted molar refractivity (Wildman–Crippen MR) is 33.6 cm³/mol. The van der Waals surface area contributed by atoms with Crippen LogP contribution in [0.2, 0.25) is 0 Å². The van der Waals surface area contributed by atoms with Crippen LogP contribution in [0.1, 0.15) is 6.42 Å². The number of hydrogen-bond acceptors (Lipinski definition) is 5. The van der Waals surface area contributed by atoms with E-state index >= 15 is 0 Å². The number of Topliss-reactive ketones (excluding diaryl/α,β-unsaturated/α-hetero) is 1. The van der Waals surface area contributed by atoms with Gasteiger partial charge in [-0.3, -0.25) is 4.79 Å². The summed E-state index contributed by atoms with van der Waals surface area (Å²) in [7, 11) is 0. The lowest BCUT2D eigenvalue weighted by molar-refractivity contribution is -0.212. The molecule has 0 aromatic carbocycles. The summed E-state index contributed by atoms with van der Waals surface area (Å²) in [5.41, 5.74) is 0. The molecule has 0 spiro atoms. The molecule has 0 aromatic heterocycles. The highest BCUT2D eigenvalue weighted by molar-refractivity contribution is 5.87. The second-order valence-corrected chi connectivity index (χ2v) is 2.49. The molecule has 5 heteroatoms. The third kappa shape index (κ3) is 1.41. The number of aliphatic hydroxyl groups is 3. The van der Waals surface area contributed by atoms with E-state index in [9.17, 15) is 4.79 Å². The smallest absolute Gasteiger partial charge is 0.250 e. The van der Waals surface area contributed by atoms with Gasteiger partial charge < -0.3 is 20.1 Å². The summed E-state index contributed by atoms with van der Waals surface area (Å²) in [6.07, 6.45) is -0.729. The van der Waals surface area contributed by atoms with E-state index in [1.165, 1.54) is 0 Å². The van der Waals surface area contributed by atoms with Gasteiger partial charge in [-0.2, -0.15) is 0 Å². The molecule has 1 fully saturated rings. The standard InChI is InChI=1S/C6H10O5/c7-2-4-1-5(9)6(10,3-8)11-4/h4,7-8,10H,1-3H2/t4?,6-/m0/s1. The van der Waals surface area contributed by atoms with Crippen LogP contribution < -0.4 is 0 Å². The average Bonchev–Trinajstić information content (AvgIpc) is 2.29. The molecular weight excluding hydrogens is 152 g/mol. The molecule has 5 nitrogen and oxygen atoms in total. The van der Waals surface area contributed by atoms with E-state index in [-0.39, 0.29) is 13.0 Å². The molecule has 2 atom stereocenters. The van der Waals surface area contributed by atoms with Crippen molar-refractivity contribution in [3.05, 3.63) is 0 Å². The number of carbonyl (C=O) groups is 1. The van der Waals surface area contributed by atoms with Crippen molar-refractivity contribution in [3.8, 4) is 0 Å². The lowest BCUT2D eigenvalue weighted by Gasteiger charge is -2.17. The van der Waals surface area contributed by atoms with Gasteiger partial charge >= 0.3 is 0 Å². The Labute approximate surface area is 63.2 Å². The van der Waals surface area contributed by atoms with E-state index in [2.05, 4.69) is 4.74 Å². The van der Waals surface area contributed by atoms with Crippen LogP contribution in [0.3, 0.4) is 0 Å². The minimum atomic E-state index is -2.08. The molecule has 0 bridgehead atoms. The van der Waals surface area contributed by atoms with E-state index in [1.807, 2.05) is 0 Å². The summed E-state index contributed by atoms with van der Waals surface area (Å²) in [6, 6.07) is 0. The Bertz CT molecular complexity index is 168. The zero-order valence-corrected chi connectivity index (χ0v) is 5.86. The van der Waals surface area contributed by atoms with E-state index < -0.39 is 24.3 Å². The van der Waals surface area contributed by atoms with Gasteiger partial charge in [0.2, 0.25) is 0 Å². The molecule has 3 N–H and O–H groups in total.